The Labute approximate surface area is 268 Å². The first-order chi connectivity index (χ1) is 20.6. The van der Waals surface area contributed by atoms with Gasteiger partial charge in [0.2, 0.25) is 9.84 Å². The minimum atomic E-state index is -3.89. The highest BCUT2D eigenvalue weighted by molar-refractivity contribution is 8.01. The topological polar surface area (TPSA) is 130 Å². The van der Waals surface area contributed by atoms with E-state index in [2.05, 4.69) is 10.5 Å². The van der Waals surface area contributed by atoms with Crippen molar-refractivity contribution in [2.75, 3.05) is 25.8 Å². The number of hydrogen-bond acceptors (Lipinski definition) is 11. The Hall–Kier alpha value is -2.67. The van der Waals surface area contributed by atoms with Gasteiger partial charge in [0.1, 0.15) is 11.4 Å². The van der Waals surface area contributed by atoms with E-state index in [-0.39, 0.29) is 29.4 Å². The van der Waals surface area contributed by atoms with Crippen LogP contribution in [0.3, 0.4) is 0 Å². The van der Waals surface area contributed by atoms with Crippen LogP contribution in [0.5, 0.6) is 5.75 Å². The smallest absolute Gasteiger partial charge is 0.428 e. The Morgan fingerprint density at radius 2 is 1.70 bits per heavy atom. The molecular formula is C30H39N2O8PS3. The summed E-state index contributed by atoms with van der Waals surface area (Å²) in [6.07, 6.45) is 2.27. The van der Waals surface area contributed by atoms with Crippen LogP contribution in [0.15, 0.2) is 61.6 Å². The normalized spacial score (nSPS) is 12.5. The van der Waals surface area contributed by atoms with Gasteiger partial charge < -0.3 is 18.5 Å². The number of nitrogens with one attached hydrogen (secondary N) is 1. The molecule has 2 aromatic carbocycles. The van der Waals surface area contributed by atoms with E-state index < -0.39 is 29.1 Å². The molecule has 0 unspecified atom stereocenters. The quantitative estimate of drug-likeness (QED) is 0.0824. The molecule has 1 heterocycles. The lowest BCUT2D eigenvalue weighted by Gasteiger charge is -2.19. The molecule has 3 rings (SSSR count). The van der Waals surface area contributed by atoms with Crippen molar-refractivity contribution >= 4 is 52.8 Å². The fraction of sp³-hybridized carbons (Fsp3) is 0.400. The van der Waals surface area contributed by atoms with Crippen LogP contribution >= 0.6 is 30.7 Å². The predicted molar refractivity (Wildman–Crippen MR) is 176 cm³/mol. The van der Waals surface area contributed by atoms with Crippen LogP contribution < -0.4 is 10.2 Å². The molecule has 0 aliphatic rings. The van der Waals surface area contributed by atoms with Crippen LogP contribution in [0.4, 0.5) is 4.79 Å². The number of rotatable bonds is 13. The highest BCUT2D eigenvalue weighted by Gasteiger charge is 2.26. The zero-order chi connectivity index (χ0) is 32.7. The molecule has 1 N–H and O–H groups in total. The van der Waals surface area contributed by atoms with Crippen LogP contribution in [0.2, 0.25) is 0 Å². The third kappa shape index (κ3) is 9.42. The van der Waals surface area contributed by atoms with Gasteiger partial charge in [-0.25, -0.2) is 18.6 Å². The van der Waals surface area contributed by atoms with E-state index in [1.54, 1.807) is 65.1 Å². The van der Waals surface area contributed by atoms with E-state index >= 15 is 0 Å². The number of nitrogens with zero attached hydrogens (tertiary/aromatic N) is 1. The van der Waals surface area contributed by atoms with Crippen LogP contribution in [0, 0.1) is 13.8 Å². The van der Waals surface area contributed by atoms with Gasteiger partial charge in [-0.3, -0.25) is 4.57 Å². The molecule has 44 heavy (non-hydrogen) atoms. The summed E-state index contributed by atoms with van der Waals surface area (Å²) in [4.78, 5) is 12.7. The van der Waals surface area contributed by atoms with Gasteiger partial charge in [0.15, 0.2) is 6.35 Å². The van der Waals surface area contributed by atoms with Crippen LogP contribution in [0.25, 0.3) is 11.1 Å². The lowest BCUT2D eigenvalue weighted by atomic mass is 9.95. The molecule has 0 saturated heterocycles. The number of thiophene rings is 1. The maximum Gasteiger partial charge on any atom is 0.428 e. The molecule has 240 valence electrons. The van der Waals surface area contributed by atoms with Crippen LogP contribution in [-0.4, -0.2) is 52.1 Å². The second-order valence-corrected chi connectivity index (χ2v) is 16.6. The van der Waals surface area contributed by atoms with Gasteiger partial charge in [0, 0.05) is 4.88 Å². The van der Waals surface area contributed by atoms with Crippen molar-refractivity contribution in [2.24, 2.45) is 5.10 Å². The second kappa shape index (κ2) is 15.1. The molecule has 14 heteroatoms. The monoisotopic (exact) mass is 682 g/mol. The lowest BCUT2D eigenvalue weighted by molar-refractivity contribution is 0.0529. The maximum absolute atomic E-state index is 13.8. The molecule has 0 spiro atoms. The molecule has 0 aliphatic carbocycles. The van der Waals surface area contributed by atoms with Gasteiger partial charge in [0.25, 0.3) is 0 Å². The zero-order valence-corrected chi connectivity index (χ0v) is 29.5. The molecule has 1 aromatic heterocycles. The number of thioether (sulfide) groups is 1. The summed E-state index contributed by atoms with van der Waals surface area (Å²) in [6, 6.07) is 12.0. The number of ether oxygens (including phenoxy) is 2. The van der Waals surface area contributed by atoms with Crippen molar-refractivity contribution in [3.63, 3.8) is 0 Å². The highest BCUT2D eigenvalue weighted by atomic mass is 32.2. The second-order valence-electron chi connectivity index (χ2n) is 10.6. The summed E-state index contributed by atoms with van der Waals surface area (Å²) in [5.41, 5.74) is 4.93. The highest BCUT2D eigenvalue weighted by Crippen LogP contribution is 2.48. The number of aryl methyl sites for hydroxylation is 2. The Morgan fingerprint density at radius 3 is 2.27 bits per heavy atom. The summed E-state index contributed by atoms with van der Waals surface area (Å²) in [6.45, 7) is 13.0. The average molecular weight is 683 g/mol. The summed E-state index contributed by atoms with van der Waals surface area (Å²) >= 11 is 2.57. The largest absolute Gasteiger partial charge is 0.481 e. The molecule has 10 nitrogen and oxygen atoms in total. The number of carbonyl (C=O) groups is 1. The van der Waals surface area contributed by atoms with Crippen molar-refractivity contribution in [2.45, 2.75) is 68.1 Å². The van der Waals surface area contributed by atoms with Crippen molar-refractivity contribution in [1.82, 2.24) is 5.43 Å². The number of amides is 1. The molecule has 1 amide bonds. The minimum absolute atomic E-state index is 0.145. The molecule has 0 atom stereocenters. The fourth-order valence-corrected chi connectivity index (χ4v) is 9.54. The van der Waals surface area contributed by atoms with Crippen LogP contribution in [0.1, 0.15) is 50.6 Å². The predicted octanol–water partition coefficient (Wildman–Crippen LogP) is 8.05. The van der Waals surface area contributed by atoms with E-state index in [0.29, 0.717) is 14.8 Å². The van der Waals surface area contributed by atoms with E-state index in [0.717, 1.165) is 22.3 Å². The van der Waals surface area contributed by atoms with Crippen molar-refractivity contribution in [3.8, 4) is 16.9 Å². The van der Waals surface area contributed by atoms with E-state index in [1.807, 2.05) is 32.0 Å². The molecule has 0 radical (unpaired) electrons. The molecule has 0 aliphatic heterocycles. The average Bonchev–Trinajstić information content (AvgIpc) is 3.35. The lowest BCUT2D eigenvalue weighted by Crippen LogP contribution is -2.29. The summed E-state index contributed by atoms with van der Waals surface area (Å²) in [5, 5.41) is 3.91. The number of carbonyl (C=O) groups excluding carboxylic acids is 1. The van der Waals surface area contributed by atoms with Crippen molar-refractivity contribution in [3.05, 3.63) is 58.5 Å². The number of sulfone groups is 1. The van der Waals surface area contributed by atoms with Gasteiger partial charge in [-0.05, 0) is 107 Å². The van der Waals surface area contributed by atoms with Gasteiger partial charge in [-0.1, -0.05) is 12.1 Å². The SMILES string of the molecule is CCOP(=O)(COc1cc(C)c(-c2cccc(S(=O)(=O)c3cc(C=NNC(=O)OC(C)(C)C)sc3SC)c2)c(C)c1)OCC. The maximum atomic E-state index is 13.8. The number of hydrogen-bond donors (Lipinski definition) is 1. The molecule has 0 saturated carbocycles. The standard InChI is InChI=1S/C30H39N2O8PS3/c1-9-38-41(34,39-10-2)19-37-23-14-20(3)27(21(4)15-23)22-12-11-13-25(16-22)44(35,36)26-17-24(43-28(26)42-8)18-31-32-29(33)40-30(5,6)7/h11-18H,9-10,19H2,1-8H3,(H,32,33). The van der Waals surface area contributed by atoms with Crippen molar-refractivity contribution < 1.29 is 36.3 Å². The first-order valence-corrected chi connectivity index (χ1v) is 19.0. The van der Waals surface area contributed by atoms with Gasteiger partial charge >= 0.3 is 13.7 Å². The summed E-state index contributed by atoms with van der Waals surface area (Å²) in [7, 11) is -7.28. The zero-order valence-electron chi connectivity index (χ0n) is 26.1. The molecule has 3 aromatic rings. The fourth-order valence-electron chi connectivity index (χ4n) is 4.28. The number of hydrazone groups is 1. The van der Waals surface area contributed by atoms with Crippen LogP contribution in [-0.2, 0) is 28.2 Å². The third-order valence-corrected chi connectivity index (χ3v) is 11.9. The Kier molecular flexibility index (Phi) is 12.3. The van der Waals surface area contributed by atoms with Gasteiger partial charge in [-0.15, -0.1) is 23.1 Å². The first kappa shape index (κ1) is 35.8. The summed E-state index contributed by atoms with van der Waals surface area (Å²) in [5.74, 6) is 0.505. The molecular weight excluding hydrogens is 644 g/mol. The van der Waals surface area contributed by atoms with Gasteiger partial charge in [-0.2, -0.15) is 5.10 Å². The number of benzene rings is 2. The summed E-state index contributed by atoms with van der Waals surface area (Å²) < 4.78 is 62.7. The van der Waals surface area contributed by atoms with Gasteiger partial charge in [0.05, 0.1) is 33.4 Å². The van der Waals surface area contributed by atoms with Crippen molar-refractivity contribution in [1.29, 1.82) is 0 Å². The Balaban J connectivity index is 1.88. The molecule has 0 fully saturated rings. The molecule has 0 bridgehead atoms. The van der Waals surface area contributed by atoms with E-state index in [4.69, 9.17) is 18.5 Å². The van der Waals surface area contributed by atoms with E-state index in [1.165, 1.54) is 29.3 Å². The third-order valence-electron chi connectivity index (χ3n) is 5.89. The Bertz CT molecular complexity index is 1630. The Morgan fingerprint density at radius 1 is 1.07 bits per heavy atom. The minimum Gasteiger partial charge on any atom is -0.481 e. The van der Waals surface area contributed by atoms with E-state index in [9.17, 15) is 17.8 Å². The first-order valence-electron chi connectivity index (χ1n) is 13.8.